The van der Waals surface area contributed by atoms with Gasteiger partial charge in [-0.15, -0.1) is 11.3 Å². The summed E-state index contributed by atoms with van der Waals surface area (Å²) in [5, 5.41) is 4.56. The van der Waals surface area contributed by atoms with Gasteiger partial charge in [-0.05, 0) is 17.7 Å². The summed E-state index contributed by atoms with van der Waals surface area (Å²) >= 11 is 1.41. The van der Waals surface area contributed by atoms with Crippen LogP contribution in [0.2, 0.25) is 0 Å². The molecular formula is C12H10N4OS. The van der Waals surface area contributed by atoms with Crippen LogP contribution in [-0.4, -0.2) is 20.9 Å². The van der Waals surface area contributed by atoms with Gasteiger partial charge in [0.2, 0.25) is 0 Å². The highest BCUT2D eigenvalue weighted by Gasteiger charge is 2.07. The van der Waals surface area contributed by atoms with Crippen LogP contribution in [0, 0.1) is 0 Å². The van der Waals surface area contributed by atoms with Gasteiger partial charge in [0.15, 0.2) is 0 Å². The Bertz CT molecular complexity index is 674. The molecule has 0 aliphatic rings. The van der Waals surface area contributed by atoms with Crippen molar-refractivity contribution in [1.29, 1.82) is 0 Å². The Balaban J connectivity index is 1.71. The molecule has 0 fully saturated rings. The van der Waals surface area contributed by atoms with Crippen molar-refractivity contribution in [3.63, 3.8) is 0 Å². The average molecular weight is 258 g/mol. The first-order valence-corrected chi connectivity index (χ1v) is 6.35. The van der Waals surface area contributed by atoms with Crippen LogP contribution in [-0.2, 0) is 6.54 Å². The number of hydrogen-bond acceptors (Lipinski definition) is 4. The number of thiazole rings is 1. The lowest BCUT2D eigenvalue weighted by molar-refractivity contribution is 0.0946. The van der Waals surface area contributed by atoms with E-state index in [0.29, 0.717) is 12.2 Å². The molecule has 18 heavy (non-hydrogen) atoms. The Kier molecular flexibility index (Phi) is 2.77. The number of nitrogens with one attached hydrogen (secondary N) is 2. The van der Waals surface area contributed by atoms with E-state index >= 15 is 0 Å². The molecule has 5 nitrogen and oxygen atoms in total. The summed E-state index contributed by atoms with van der Waals surface area (Å²) < 4.78 is 0. The van der Waals surface area contributed by atoms with E-state index in [4.69, 9.17) is 0 Å². The Morgan fingerprint density at radius 3 is 3.17 bits per heavy atom. The maximum absolute atomic E-state index is 11.7. The van der Waals surface area contributed by atoms with Crippen molar-refractivity contribution in [2.24, 2.45) is 0 Å². The third-order valence-electron chi connectivity index (χ3n) is 2.60. The zero-order valence-electron chi connectivity index (χ0n) is 9.38. The Labute approximate surface area is 107 Å². The summed E-state index contributed by atoms with van der Waals surface area (Å²) in [6, 6.07) is 5.85. The summed E-state index contributed by atoms with van der Waals surface area (Å²) in [4.78, 5) is 22.9. The van der Waals surface area contributed by atoms with E-state index in [-0.39, 0.29) is 5.91 Å². The summed E-state index contributed by atoms with van der Waals surface area (Å²) in [5.74, 6) is -0.152. The van der Waals surface area contributed by atoms with E-state index in [1.54, 1.807) is 17.2 Å². The molecule has 2 N–H and O–H groups in total. The molecule has 6 heteroatoms. The first kappa shape index (κ1) is 10.9. The van der Waals surface area contributed by atoms with Gasteiger partial charge in [0.05, 0.1) is 22.9 Å². The largest absolute Gasteiger partial charge is 0.347 e. The van der Waals surface area contributed by atoms with Crippen molar-refractivity contribution >= 4 is 28.3 Å². The minimum atomic E-state index is -0.152. The summed E-state index contributed by atoms with van der Waals surface area (Å²) in [7, 11) is 0. The molecule has 3 rings (SSSR count). The minimum Gasteiger partial charge on any atom is -0.347 e. The van der Waals surface area contributed by atoms with Gasteiger partial charge >= 0.3 is 0 Å². The van der Waals surface area contributed by atoms with Gasteiger partial charge in [-0.3, -0.25) is 4.79 Å². The smallest absolute Gasteiger partial charge is 0.271 e. The minimum absolute atomic E-state index is 0.152. The fourth-order valence-corrected chi connectivity index (χ4v) is 2.22. The first-order chi connectivity index (χ1) is 8.83. The van der Waals surface area contributed by atoms with E-state index in [1.807, 2.05) is 18.2 Å². The molecule has 90 valence electrons. The molecule has 0 spiro atoms. The average Bonchev–Trinajstić information content (AvgIpc) is 3.05. The lowest BCUT2D eigenvalue weighted by Crippen LogP contribution is -2.22. The van der Waals surface area contributed by atoms with E-state index in [2.05, 4.69) is 20.3 Å². The molecule has 0 radical (unpaired) electrons. The number of aromatic nitrogens is 3. The standard InChI is InChI=1S/C12H10N4OS/c17-12(11-5-18-7-16-11)13-4-8-1-2-9-10(3-8)15-6-14-9/h1-3,5-7H,4H2,(H,13,17)(H,14,15). The van der Waals surface area contributed by atoms with Gasteiger partial charge < -0.3 is 10.3 Å². The second-order valence-corrected chi connectivity index (χ2v) is 4.53. The summed E-state index contributed by atoms with van der Waals surface area (Å²) in [6.07, 6.45) is 1.66. The van der Waals surface area contributed by atoms with Crippen LogP contribution in [0.15, 0.2) is 35.4 Å². The van der Waals surface area contributed by atoms with Gasteiger partial charge in [0, 0.05) is 11.9 Å². The summed E-state index contributed by atoms with van der Waals surface area (Å²) in [6.45, 7) is 0.477. The number of carbonyl (C=O) groups excluding carboxylic acids is 1. The van der Waals surface area contributed by atoms with Gasteiger partial charge in [-0.25, -0.2) is 9.97 Å². The number of hydrogen-bond donors (Lipinski definition) is 2. The molecule has 2 aromatic heterocycles. The zero-order chi connectivity index (χ0) is 12.4. The number of benzene rings is 1. The molecule has 0 bridgehead atoms. The predicted molar refractivity (Wildman–Crippen MR) is 69.4 cm³/mol. The van der Waals surface area contributed by atoms with E-state index in [1.165, 1.54) is 11.3 Å². The molecule has 3 aromatic rings. The molecule has 0 aliphatic carbocycles. The SMILES string of the molecule is O=C(NCc1ccc2nc[nH]c2c1)c1cscn1. The van der Waals surface area contributed by atoms with Crippen molar-refractivity contribution in [3.05, 3.63) is 46.7 Å². The predicted octanol–water partition coefficient (Wildman–Crippen LogP) is 1.95. The fourth-order valence-electron chi connectivity index (χ4n) is 1.69. The molecule has 0 saturated carbocycles. The number of rotatable bonds is 3. The fraction of sp³-hybridized carbons (Fsp3) is 0.0833. The van der Waals surface area contributed by atoms with Crippen LogP contribution in [0.5, 0.6) is 0 Å². The lowest BCUT2D eigenvalue weighted by Gasteiger charge is -2.03. The second-order valence-electron chi connectivity index (χ2n) is 3.81. The van der Waals surface area contributed by atoms with Crippen LogP contribution >= 0.6 is 11.3 Å². The number of carbonyl (C=O) groups is 1. The van der Waals surface area contributed by atoms with E-state index < -0.39 is 0 Å². The highest BCUT2D eigenvalue weighted by atomic mass is 32.1. The monoisotopic (exact) mass is 258 g/mol. The van der Waals surface area contributed by atoms with Gasteiger partial charge in [-0.2, -0.15) is 0 Å². The molecule has 0 saturated heterocycles. The number of H-pyrrole nitrogens is 1. The molecule has 1 aromatic carbocycles. The number of imidazole rings is 1. The number of aromatic amines is 1. The van der Waals surface area contributed by atoms with Crippen molar-refractivity contribution in [2.45, 2.75) is 6.54 Å². The van der Waals surface area contributed by atoms with E-state index in [9.17, 15) is 4.79 Å². The van der Waals surface area contributed by atoms with Crippen molar-refractivity contribution in [3.8, 4) is 0 Å². The third kappa shape index (κ3) is 2.10. The maximum atomic E-state index is 11.7. The molecule has 2 heterocycles. The number of nitrogens with zero attached hydrogens (tertiary/aromatic N) is 2. The number of fused-ring (bicyclic) bond motifs is 1. The molecular weight excluding hydrogens is 248 g/mol. The molecule has 1 amide bonds. The first-order valence-electron chi connectivity index (χ1n) is 5.41. The van der Waals surface area contributed by atoms with Crippen LogP contribution in [0.4, 0.5) is 0 Å². The van der Waals surface area contributed by atoms with E-state index in [0.717, 1.165) is 16.6 Å². The van der Waals surface area contributed by atoms with Gasteiger partial charge in [0.25, 0.3) is 5.91 Å². The lowest BCUT2D eigenvalue weighted by atomic mass is 10.2. The maximum Gasteiger partial charge on any atom is 0.271 e. The van der Waals surface area contributed by atoms with Crippen LogP contribution in [0.3, 0.4) is 0 Å². The highest BCUT2D eigenvalue weighted by molar-refractivity contribution is 7.07. The second kappa shape index (κ2) is 4.58. The Morgan fingerprint density at radius 1 is 1.39 bits per heavy atom. The molecule has 0 atom stereocenters. The topological polar surface area (TPSA) is 70.7 Å². The van der Waals surface area contributed by atoms with Crippen molar-refractivity contribution in [2.75, 3.05) is 0 Å². The zero-order valence-corrected chi connectivity index (χ0v) is 10.2. The quantitative estimate of drug-likeness (QED) is 0.754. The van der Waals surface area contributed by atoms with Crippen LogP contribution < -0.4 is 5.32 Å². The van der Waals surface area contributed by atoms with Crippen molar-refractivity contribution in [1.82, 2.24) is 20.3 Å². The third-order valence-corrected chi connectivity index (χ3v) is 3.19. The summed E-state index contributed by atoms with van der Waals surface area (Å²) in [5.41, 5.74) is 5.02. The molecule has 0 unspecified atom stereocenters. The van der Waals surface area contributed by atoms with Crippen LogP contribution in [0.25, 0.3) is 11.0 Å². The highest BCUT2D eigenvalue weighted by Crippen LogP contribution is 2.11. The number of amides is 1. The van der Waals surface area contributed by atoms with Crippen LogP contribution in [0.1, 0.15) is 16.1 Å². The normalized spacial score (nSPS) is 10.7. The van der Waals surface area contributed by atoms with Gasteiger partial charge in [-0.1, -0.05) is 6.07 Å². The molecule has 0 aliphatic heterocycles. The Hall–Kier alpha value is -2.21. The Morgan fingerprint density at radius 2 is 2.33 bits per heavy atom. The van der Waals surface area contributed by atoms with Gasteiger partial charge in [0.1, 0.15) is 5.69 Å². The van der Waals surface area contributed by atoms with Crippen molar-refractivity contribution < 1.29 is 4.79 Å².